The fraction of sp³-hybridized carbons (Fsp3) is 0.0400. The van der Waals surface area contributed by atoms with Crippen LogP contribution >= 0.6 is 42.5 Å². The van der Waals surface area contributed by atoms with E-state index in [1.54, 1.807) is 0 Å². The first-order valence-corrected chi connectivity index (χ1v) is 12.7. The van der Waals surface area contributed by atoms with Crippen LogP contribution in [-0.2, 0) is 6.16 Å². The first-order valence-electron chi connectivity index (χ1n) is 9.22. The van der Waals surface area contributed by atoms with Gasteiger partial charge in [-0.05, 0) is 71.1 Å². The second kappa shape index (κ2) is 8.82. The molecule has 0 radical (unpaired) electrons. The molecule has 28 heavy (non-hydrogen) atoms. The normalized spacial score (nSPS) is 11.4. The van der Waals surface area contributed by atoms with Crippen LogP contribution in [-0.4, -0.2) is 0 Å². The maximum Gasteiger partial charge on any atom is 0.116 e. The van der Waals surface area contributed by atoms with Crippen LogP contribution < -0.4 is 15.9 Å². The van der Waals surface area contributed by atoms with E-state index < -0.39 is 7.26 Å². The van der Waals surface area contributed by atoms with Gasteiger partial charge in [0.1, 0.15) is 23.2 Å². The highest BCUT2D eigenvalue weighted by Gasteiger charge is 2.45. The van der Waals surface area contributed by atoms with E-state index in [-0.39, 0.29) is 0 Å². The lowest BCUT2D eigenvalue weighted by atomic mass is 10.2. The van der Waals surface area contributed by atoms with Gasteiger partial charge >= 0.3 is 0 Å². The standard InChI is InChI=1S/C25H20IPS/c26-21-17-16-20(25(28)18-21)19-27(22-10-4-1-5-11-22,23-12-6-2-7-13-23)24-14-8-3-9-15-24/h1-18H,19H2/p+1. The summed E-state index contributed by atoms with van der Waals surface area (Å²) in [5.74, 6) is 0. The van der Waals surface area contributed by atoms with Crippen molar-refractivity contribution >= 4 is 58.4 Å². The van der Waals surface area contributed by atoms with Gasteiger partial charge in [0.2, 0.25) is 0 Å². The SMILES string of the molecule is Sc1cc(I)ccc1C[P+](c1ccccc1)(c1ccccc1)c1ccccc1. The summed E-state index contributed by atoms with van der Waals surface area (Å²) in [4.78, 5) is 1.07. The fourth-order valence-corrected chi connectivity index (χ4v) is 9.12. The largest absolute Gasteiger partial charge is 0.143 e. The Bertz CT molecular complexity index is 953. The summed E-state index contributed by atoms with van der Waals surface area (Å²) in [5.41, 5.74) is 1.30. The van der Waals surface area contributed by atoms with Crippen LogP contribution in [0.25, 0.3) is 0 Å². The predicted octanol–water partition coefficient (Wildman–Crippen LogP) is 6.07. The van der Waals surface area contributed by atoms with Crippen LogP contribution in [0.1, 0.15) is 5.56 Å². The first kappa shape index (κ1) is 19.7. The Kier molecular flexibility index (Phi) is 6.20. The summed E-state index contributed by atoms with van der Waals surface area (Å²) in [5, 5.41) is 4.20. The molecule has 0 amide bonds. The molecule has 0 heterocycles. The van der Waals surface area contributed by atoms with Crippen molar-refractivity contribution in [1.82, 2.24) is 0 Å². The van der Waals surface area contributed by atoms with Gasteiger partial charge < -0.3 is 0 Å². The zero-order chi connectivity index (χ0) is 19.4. The molecular weight excluding hydrogens is 490 g/mol. The highest BCUT2D eigenvalue weighted by Crippen LogP contribution is 2.58. The van der Waals surface area contributed by atoms with Crippen LogP contribution in [0.2, 0.25) is 0 Å². The van der Waals surface area contributed by atoms with E-state index in [1.165, 1.54) is 25.0 Å². The van der Waals surface area contributed by atoms with Crippen molar-refractivity contribution in [3.8, 4) is 0 Å². The van der Waals surface area contributed by atoms with Crippen LogP contribution in [0.4, 0.5) is 0 Å². The molecule has 0 atom stereocenters. The molecule has 4 aromatic carbocycles. The Morgan fingerprint density at radius 2 is 1.04 bits per heavy atom. The maximum atomic E-state index is 4.83. The van der Waals surface area contributed by atoms with Crippen LogP contribution in [0, 0.1) is 3.57 Å². The van der Waals surface area contributed by atoms with Crippen molar-refractivity contribution in [2.45, 2.75) is 11.1 Å². The molecule has 0 aromatic heterocycles. The molecule has 4 aromatic rings. The molecule has 0 nitrogen and oxygen atoms in total. The summed E-state index contributed by atoms with van der Waals surface area (Å²) < 4.78 is 1.22. The number of thiol groups is 1. The second-order valence-electron chi connectivity index (χ2n) is 6.75. The van der Waals surface area contributed by atoms with Crippen LogP contribution in [0.15, 0.2) is 114 Å². The predicted molar refractivity (Wildman–Crippen MR) is 135 cm³/mol. The molecule has 0 aliphatic rings. The molecule has 0 N–H and O–H groups in total. The van der Waals surface area contributed by atoms with E-state index in [0.29, 0.717) is 0 Å². The summed E-state index contributed by atoms with van der Waals surface area (Å²) in [6.45, 7) is 0. The number of hydrogen-bond donors (Lipinski definition) is 1. The van der Waals surface area contributed by atoms with Crippen molar-refractivity contribution < 1.29 is 0 Å². The monoisotopic (exact) mass is 511 g/mol. The van der Waals surface area contributed by atoms with Crippen molar-refractivity contribution in [3.05, 3.63) is 118 Å². The molecule has 0 aliphatic carbocycles. The lowest BCUT2D eigenvalue weighted by Crippen LogP contribution is -2.32. The number of rotatable bonds is 5. The quantitative estimate of drug-likeness (QED) is 0.188. The number of hydrogen-bond acceptors (Lipinski definition) is 1. The lowest BCUT2D eigenvalue weighted by Gasteiger charge is -2.28. The third-order valence-corrected chi connectivity index (χ3v) is 10.5. The molecule has 0 spiro atoms. The smallest absolute Gasteiger partial charge is 0.116 e. The Balaban J connectivity index is 2.01. The summed E-state index contributed by atoms with van der Waals surface area (Å²) in [6.07, 6.45) is 0.959. The Morgan fingerprint density at radius 3 is 1.43 bits per heavy atom. The Morgan fingerprint density at radius 1 is 0.607 bits per heavy atom. The van der Waals surface area contributed by atoms with Gasteiger partial charge in [-0.2, -0.15) is 0 Å². The minimum absolute atomic E-state index is 0.959. The van der Waals surface area contributed by atoms with Gasteiger partial charge in [-0.1, -0.05) is 60.7 Å². The van der Waals surface area contributed by atoms with Crippen molar-refractivity contribution in [2.24, 2.45) is 0 Å². The second-order valence-corrected chi connectivity index (χ2v) is 12.0. The minimum Gasteiger partial charge on any atom is -0.143 e. The van der Waals surface area contributed by atoms with E-state index in [4.69, 9.17) is 12.6 Å². The molecule has 0 unspecified atom stereocenters. The summed E-state index contributed by atoms with van der Waals surface area (Å²) >= 11 is 7.18. The molecule has 0 aliphatic heterocycles. The average Bonchev–Trinajstić information content (AvgIpc) is 2.75. The van der Waals surface area contributed by atoms with Gasteiger partial charge in [-0.15, -0.1) is 12.6 Å². The average molecular weight is 511 g/mol. The molecule has 0 bridgehead atoms. The van der Waals surface area contributed by atoms with E-state index in [0.717, 1.165) is 11.1 Å². The van der Waals surface area contributed by atoms with Crippen LogP contribution in [0.5, 0.6) is 0 Å². The van der Waals surface area contributed by atoms with Gasteiger partial charge in [0.25, 0.3) is 0 Å². The van der Waals surface area contributed by atoms with Gasteiger partial charge in [-0.25, -0.2) is 0 Å². The van der Waals surface area contributed by atoms with E-state index >= 15 is 0 Å². The lowest BCUT2D eigenvalue weighted by molar-refractivity contribution is 1.25. The van der Waals surface area contributed by atoms with Gasteiger partial charge in [0.15, 0.2) is 0 Å². The third-order valence-electron chi connectivity index (χ3n) is 5.05. The summed E-state index contributed by atoms with van der Waals surface area (Å²) in [7, 11) is -1.87. The molecule has 0 fully saturated rings. The van der Waals surface area contributed by atoms with E-state index in [2.05, 4.69) is 132 Å². The fourth-order valence-electron chi connectivity index (χ4n) is 3.69. The van der Waals surface area contributed by atoms with Gasteiger partial charge in [-0.3, -0.25) is 0 Å². The van der Waals surface area contributed by atoms with Crippen molar-refractivity contribution in [3.63, 3.8) is 0 Å². The molecule has 4 rings (SSSR count). The van der Waals surface area contributed by atoms with Crippen molar-refractivity contribution in [2.75, 3.05) is 0 Å². The van der Waals surface area contributed by atoms with Crippen LogP contribution in [0.3, 0.4) is 0 Å². The molecule has 0 saturated heterocycles. The minimum atomic E-state index is -1.87. The number of halogens is 1. The van der Waals surface area contributed by atoms with Crippen molar-refractivity contribution in [1.29, 1.82) is 0 Å². The zero-order valence-electron chi connectivity index (χ0n) is 15.4. The molecule has 3 heteroatoms. The first-order chi connectivity index (χ1) is 13.7. The van der Waals surface area contributed by atoms with E-state index in [1.807, 2.05) is 0 Å². The zero-order valence-corrected chi connectivity index (χ0v) is 19.3. The third kappa shape index (κ3) is 3.91. The molecule has 138 valence electrons. The highest BCUT2D eigenvalue weighted by molar-refractivity contribution is 14.1. The highest BCUT2D eigenvalue weighted by atomic mass is 127. The van der Waals surface area contributed by atoms with Gasteiger partial charge in [0, 0.05) is 14.0 Å². The topological polar surface area (TPSA) is 0 Å². The van der Waals surface area contributed by atoms with E-state index in [9.17, 15) is 0 Å². The maximum absolute atomic E-state index is 4.83. The molecular formula is C25H21IPS+. The Labute approximate surface area is 186 Å². The van der Waals surface area contributed by atoms with Gasteiger partial charge in [0.05, 0.1) is 6.16 Å². The summed E-state index contributed by atoms with van der Waals surface area (Å²) in [6, 6.07) is 39.6. The number of benzene rings is 4. The Hall–Kier alpha value is -1.61. The molecule has 0 saturated carbocycles.